The molecular formula is C19H19N3O2. The quantitative estimate of drug-likeness (QED) is 0.648. The van der Waals surface area contributed by atoms with Crippen LogP contribution in [0.15, 0.2) is 60.8 Å². The van der Waals surface area contributed by atoms with Crippen molar-refractivity contribution in [2.45, 2.75) is 19.5 Å². The van der Waals surface area contributed by atoms with Gasteiger partial charge in [0, 0.05) is 6.54 Å². The average molecular weight is 321 g/mol. The summed E-state index contributed by atoms with van der Waals surface area (Å²) in [4.78, 5) is 18.6. The normalized spacial score (nSPS) is 12.0. The van der Waals surface area contributed by atoms with E-state index in [2.05, 4.69) is 15.3 Å². The maximum atomic E-state index is 10.9. The second kappa shape index (κ2) is 7.10. The Morgan fingerprint density at radius 2 is 1.88 bits per heavy atom. The van der Waals surface area contributed by atoms with Crippen LogP contribution in [0.2, 0.25) is 0 Å². The summed E-state index contributed by atoms with van der Waals surface area (Å²) < 4.78 is 0. The zero-order chi connectivity index (χ0) is 16.9. The molecule has 0 aliphatic carbocycles. The molecule has 1 unspecified atom stereocenters. The van der Waals surface area contributed by atoms with Crippen molar-refractivity contribution in [3.63, 3.8) is 0 Å². The van der Waals surface area contributed by atoms with Crippen molar-refractivity contribution in [2.24, 2.45) is 0 Å². The molecule has 0 aliphatic heterocycles. The van der Waals surface area contributed by atoms with Gasteiger partial charge < -0.3 is 15.4 Å². The topological polar surface area (TPSA) is 78.0 Å². The Hall–Kier alpha value is -2.92. The summed E-state index contributed by atoms with van der Waals surface area (Å²) in [6.07, 6.45) is 1.84. The van der Waals surface area contributed by atoms with Gasteiger partial charge in [-0.1, -0.05) is 42.5 Å². The summed E-state index contributed by atoms with van der Waals surface area (Å²) in [5, 5.41) is 12.3. The molecule has 0 saturated heterocycles. The monoisotopic (exact) mass is 321 g/mol. The number of nitrogens with one attached hydrogen (secondary N) is 2. The van der Waals surface area contributed by atoms with Crippen LogP contribution < -0.4 is 5.32 Å². The lowest BCUT2D eigenvalue weighted by molar-refractivity contribution is 0.0697. The van der Waals surface area contributed by atoms with Crippen molar-refractivity contribution >= 4 is 5.97 Å². The molecule has 2 aromatic carbocycles. The summed E-state index contributed by atoms with van der Waals surface area (Å²) in [6, 6.07) is 17.0. The first-order valence-corrected chi connectivity index (χ1v) is 7.79. The first-order chi connectivity index (χ1) is 11.6. The minimum absolute atomic E-state index is 0.0570. The largest absolute Gasteiger partial charge is 0.478 e. The highest BCUT2D eigenvalue weighted by Gasteiger charge is 2.10. The van der Waals surface area contributed by atoms with Crippen LogP contribution in [0.3, 0.4) is 0 Å². The van der Waals surface area contributed by atoms with Gasteiger partial charge in [-0.05, 0) is 30.2 Å². The number of rotatable bonds is 6. The molecule has 5 nitrogen and oxygen atoms in total. The van der Waals surface area contributed by atoms with Crippen molar-refractivity contribution in [1.29, 1.82) is 0 Å². The van der Waals surface area contributed by atoms with E-state index in [9.17, 15) is 4.79 Å². The van der Waals surface area contributed by atoms with E-state index in [4.69, 9.17) is 5.11 Å². The summed E-state index contributed by atoms with van der Waals surface area (Å²) in [6.45, 7) is 2.68. The third-order valence-corrected chi connectivity index (χ3v) is 3.90. The summed E-state index contributed by atoms with van der Waals surface area (Å²) in [5.74, 6) is -0.0390. The van der Waals surface area contributed by atoms with Crippen molar-refractivity contribution in [1.82, 2.24) is 15.3 Å². The number of hydrogen-bond acceptors (Lipinski definition) is 3. The van der Waals surface area contributed by atoms with Crippen molar-refractivity contribution in [2.75, 3.05) is 0 Å². The lowest BCUT2D eigenvalue weighted by atomic mass is 10.1. The number of aromatic carboxylic acids is 1. The fraction of sp³-hybridized carbons (Fsp3) is 0.158. The Balaban J connectivity index is 1.62. The lowest BCUT2D eigenvalue weighted by Gasteiger charge is -2.11. The molecule has 3 N–H and O–H groups in total. The maximum absolute atomic E-state index is 10.9. The van der Waals surface area contributed by atoms with Crippen LogP contribution >= 0.6 is 0 Å². The van der Waals surface area contributed by atoms with Crippen LogP contribution in [-0.4, -0.2) is 21.0 Å². The first-order valence-electron chi connectivity index (χ1n) is 7.79. The zero-order valence-corrected chi connectivity index (χ0v) is 13.4. The van der Waals surface area contributed by atoms with Gasteiger partial charge in [-0.3, -0.25) is 0 Å². The standard InChI is InChI=1S/C19H19N3O2/c1-13(20-11-14-7-9-16(10-8-14)19(23)24)18-21-12-17(22-18)15-5-3-2-4-6-15/h2-10,12-13,20H,11H2,1H3,(H,21,22)(H,23,24). The third-order valence-electron chi connectivity index (χ3n) is 3.90. The number of aromatic nitrogens is 2. The Morgan fingerprint density at radius 3 is 2.54 bits per heavy atom. The van der Waals surface area contributed by atoms with E-state index in [0.29, 0.717) is 12.1 Å². The van der Waals surface area contributed by atoms with Crippen LogP contribution in [0.5, 0.6) is 0 Å². The van der Waals surface area contributed by atoms with Crippen LogP contribution in [0.1, 0.15) is 34.7 Å². The van der Waals surface area contributed by atoms with Crippen LogP contribution in [-0.2, 0) is 6.54 Å². The number of nitrogens with zero attached hydrogens (tertiary/aromatic N) is 1. The molecule has 122 valence electrons. The molecule has 0 aliphatic rings. The molecule has 24 heavy (non-hydrogen) atoms. The predicted octanol–water partition coefficient (Wildman–Crippen LogP) is 3.63. The average Bonchev–Trinajstić information content (AvgIpc) is 3.11. The highest BCUT2D eigenvalue weighted by Crippen LogP contribution is 2.19. The van der Waals surface area contributed by atoms with Gasteiger partial charge in [0.15, 0.2) is 0 Å². The zero-order valence-electron chi connectivity index (χ0n) is 13.4. The van der Waals surface area contributed by atoms with Gasteiger partial charge in [-0.15, -0.1) is 0 Å². The smallest absolute Gasteiger partial charge is 0.335 e. The Labute approximate surface area is 140 Å². The Kier molecular flexibility index (Phi) is 4.72. The van der Waals surface area contributed by atoms with E-state index in [1.807, 2.05) is 55.6 Å². The van der Waals surface area contributed by atoms with Gasteiger partial charge in [0.2, 0.25) is 0 Å². The van der Waals surface area contributed by atoms with E-state index in [1.165, 1.54) is 0 Å². The van der Waals surface area contributed by atoms with Gasteiger partial charge in [0.1, 0.15) is 5.82 Å². The molecule has 0 amide bonds. The molecule has 1 aromatic heterocycles. The SMILES string of the molecule is CC(NCc1ccc(C(=O)O)cc1)c1ncc(-c2ccccc2)[nH]1. The lowest BCUT2D eigenvalue weighted by Crippen LogP contribution is -2.19. The molecule has 1 heterocycles. The summed E-state index contributed by atoms with van der Waals surface area (Å²) >= 11 is 0. The van der Waals surface area contributed by atoms with Crippen molar-refractivity contribution in [3.05, 3.63) is 77.7 Å². The maximum Gasteiger partial charge on any atom is 0.335 e. The van der Waals surface area contributed by atoms with Crippen LogP contribution in [0.4, 0.5) is 0 Å². The molecule has 0 spiro atoms. The van der Waals surface area contributed by atoms with Gasteiger partial charge >= 0.3 is 5.97 Å². The molecule has 1 atom stereocenters. The van der Waals surface area contributed by atoms with E-state index in [-0.39, 0.29) is 6.04 Å². The molecule has 3 rings (SSSR count). The number of carboxylic acids is 1. The molecular weight excluding hydrogens is 302 g/mol. The number of imidazole rings is 1. The first kappa shape index (κ1) is 16.0. The molecule has 0 fully saturated rings. The molecule has 0 saturated carbocycles. The van der Waals surface area contributed by atoms with E-state index in [1.54, 1.807) is 12.1 Å². The number of carbonyl (C=O) groups is 1. The Morgan fingerprint density at radius 1 is 1.17 bits per heavy atom. The number of carboxylic acid groups (broad SMARTS) is 1. The van der Waals surface area contributed by atoms with Crippen molar-refractivity contribution in [3.8, 4) is 11.3 Å². The molecule has 0 radical (unpaired) electrons. The minimum Gasteiger partial charge on any atom is -0.478 e. The number of H-pyrrole nitrogens is 1. The van der Waals surface area contributed by atoms with Gasteiger partial charge in [-0.25, -0.2) is 9.78 Å². The number of hydrogen-bond donors (Lipinski definition) is 3. The molecule has 0 bridgehead atoms. The van der Waals surface area contributed by atoms with E-state index >= 15 is 0 Å². The predicted molar refractivity (Wildman–Crippen MR) is 92.7 cm³/mol. The van der Waals surface area contributed by atoms with Crippen LogP contribution in [0.25, 0.3) is 11.3 Å². The molecule has 5 heteroatoms. The van der Waals surface area contributed by atoms with Crippen molar-refractivity contribution < 1.29 is 9.90 Å². The number of benzene rings is 2. The summed E-state index contributed by atoms with van der Waals surface area (Å²) in [5.41, 5.74) is 3.42. The summed E-state index contributed by atoms with van der Waals surface area (Å²) in [7, 11) is 0. The van der Waals surface area contributed by atoms with E-state index in [0.717, 1.165) is 22.6 Å². The van der Waals surface area contributed by atoms with Gasteiger partial charge in [0.05, 0.1) is 23.5 Å². The number of aromatic amines is 1. The van der Waals surface area contributed by atoms with Gasteiger partial charge in [-0.2, -0.15) is 0 Å². The Bertz CT molecular complexity index is 810. The van der Waals surface area contributed by atoms with Crippen LogP contribution in [0, 0.1) is 0 Å². The highest BCUT2D eigenvalue weighted by atomic mass is 16.4. The van der Waals surface area contributed by atoms with E-state index < -0.39 is 5.97 Å². The molecule has 3 aromatic rings. The van der Waals surface area contributed by atoms with Gasteiger partial charge in [0.25, 0.3) is 0 Å². The minimum atomic E-state index is -0.910. The second-order valence-electron chi connectivity index (χ2n) is 5.65. The third kappa shape index (κ3) is 3.70. The second-order valence-corrected chi connectivity index (χ2v) is 5.65. The fourth-order valence-corrected chi connectivity index (χ4v) is 2.45. The fourth-order valence-electron chi connectivity index (χ4n) is 2.45. The highest BCUT2D eigenvalue weighted by molar-refractivity contribution is 5.87.